The van der Waals surface area contributed by atoms with Crippen LogP contribution >= 0.6 is 0 Å². The first-order valence-corrected chi connectivity index (χ1v) is 8.52. The molecule has 0 aliphatic carbocycles. The maximum absolute atomic E-state index is 12.0. The standard InChI is InChI=1S/C12H24N2O4S/c1-12(2,3)18-11(15)14-7-5-6-10(14)8-13-9-19(4,16)17/h10,13H,5-9H2,1-4H3. The van der Waals surface area contributed by atoms with Gasteiger partial charge in [0.2, 0.25) is 0 Å². The maximum atomic E-state index is 12.0. The van der Waals surface area contributed by atoms with Crippen molar-refractivity contribution in [1.82, 2.24) is 10.2 Å². The zero-order valence-electron chi connectivity index (χ0n) is 12.1. The Balaban J connectivity index is 2.48. The topological polar surface area (TPSA) is 75.7 Å². The van der Waals surface area contributed by atoms with Crippen molar-refractivity contribution in [2.24, 2.45) is 0 Å². The summed E-state index contributed by atoms with van der Waals surface area (Å²) < 4.78 is 27.4. The molecule has 1 heterocycles. The minimum atomic E-state index is -3.03. The molecule has 1 N–H and O–H groups in total. The molecule has 0 aromatic carbocycles. The van der Waals surface area contributed by atoms with Crippen LogP contribution in [-0.4, -0.2) is 56.3 Å². The predicted molar refractivity (Wildman–Crippen MR) is 73.7 cm³/mol. The van der Waals surface area contributed by atoms with Crippen molar-refractivity contribution >= 4 is 15.9 Å². The van der Waals surface area contributed by atoms with Gasteiger partial charge in [-0.3, -0.25) is 0 Å². The smallest absolute Gasteiger partial charge is 0.410 e. The van der Waals surface area contributed by atoms with Crippen molar-refractivity contribution < 1.29 is 17.9 Å². The number of carbonyl (C=O) groups excluding carboxylic acids is 1. The molecule has 1 aliphatic heterocycles. The highest BCUT2D eigenvalue weighted by atomic mass is 32.2. The monoisotopic (exact) mass is 292 g/mol. The van der Waals surface area contributed by atoms with Gasteiger partial charge in [0.05, 0.1) is 5.88 Å². The number of sulfone groups is 1. The lowest BCUT2D eigenvalue weighted by Crippen LogP contribution is -2.44. The highest BCUT2D eigenvalue weighted by molar-refractivity contribution is 7.90. The molecule has 19 heavy (non-hydrogen) atoms. The third-order valence-electron chi connectivity index (χ3n) is 2.75. The molecule has 0 aromatic heterocycles. The number of hydrogen-bond donors (Lipinski definition) is 1. The number of nitrogens with zero attached hydrogens (tertiary/aromatic N) is 1. The first-order chi connectivity index (χ1) is 8.58. The Hall–Kier alpha value is -0.820. The van der Waals surface area contributed by atoms with E-state index in [0.29, 0.717) is 13.1 Å². The lowest BCUT2D eigenvalue weighted by molar-refractivity contribution is 0.0227. The quantitative estimate of drug-likeness (QED) is 0.836. The van der Waals surface area contributed by atoms with Gasteiger partial charge >= 0.3 is 6.09 Å². The molecule has 1 amide bonds. The van der Waals surface area contributed by atoms with Crippen LogP contribution in [0.1, 0.15) is 33.6 Å². The van der Waals surface area contributed by atoms with Gasteiger partial charge in [-0.2, -0.15) is 0 Å². The summed E-state index contributed by atoms with van der Waals surface area (Å²) >= 11 is 0. The minimum absolute atomic E-state index is 0.0107. The van der Waals surface area contributed by atoms with Gasteiger partial charge < -0.3 is 15.0 Å². The van der Waals surface area contributed by atoms with E-state index < -0.39 is 15.4 Å². The second kappa shape index (κ2) is 6.09. The highest BCUT2D eigenvalue weighted by Gasteiger charge is 2.31. The summed E-state index contributed by atoms with van der Waals surface area (Å²) in [5, 5.41) is 2.88. The van der Waals surface area contributed by atoms with E-state index in [0.717, 1.165) is 12.8 Å². The minimum Gasteiger partial charge on any atom is -0.444 e. The van der Waals surface area contributed by atoms with E-state index in [9.17, 15) is 13.2 Å². The molecule has 1 unspecified atom stereocenters. The van der Waals surface area contributed by atoms with E-state index in [1.165, 1.54) is 6.26 Å². The number of ether oxygens (including phenoxy) is 1. The third kappa shape index (κ3) is 6.24. The summed E-state index contributed by atoms with van der Waals surface area (Å²) in [5.74, 6) is -0.0638. The second-order valence-corrected chi connectivity index (χ2v) is 8.13. The van der Waals surface area contributed by atoms with Crippen LogP contribution in [0.15, 0.2) is 0 Å². The fraction of sp³-hybridized carbons (Fsp3) is 0.917. The van der Waals surface area contributed by atoms with Crippen LogP contribution in [0.5, 0.6) is 0 Å². The number of nitrogens with one attached hydrogen (secondary N) is 1. The fourth-order valence-electron chi connectivity index (χ4n) is 2.02. The molecule has 1 saturated heterocycles. The van der Waals surface area contributed by atoms with Gasteiger partial charge in [0.15, 0.2) is 9.84 Å². The van der Waals surface area contributed by atoms with Gasteiger partial charge in [-0.25, -0.2) is 13.2 Å². The maximum Gasteiger partial charge on any atom is 0.410 e. The summed E-state index contributed by atoms with van der Waals surface area (Å²) in [6.07, 6.45) is 2.65. The van der Waals surface area contributed by atoms with Crippen LogP contribution in [0, 0.1) is 0 Å². The molecular weight excluding hydrogens is 268 g/mol. The molecule has 1 rings (SSSR count). The molecule has 7 heteroatoms. The zero-order valence-corrected chi connectivity index (χ0v) is 12.9. The molecule has 0 radical (unpaired) electrons. The lowest BCUT2D eigenvalue weighted by Gasteiger charge is -2.28. The van der Waals surface area contributed by atoms with Crippen molar-refractivity contribution in [2.45, 2.75) is 45.3 Å². The number of likely N-dealkylation sites (tertiary alicyclic amines) is 1. The molecule has 112 valence electrons. The normalized spacial score (nSPS) is 20.6. The Morgan fingerprint density at radius 2 is 2.05 bits per heavy atom. The van der Waals surface area contributed by atoms with Crippen molar-refractivity contribution in [1.29, 1.82) is 0 Å². The summed E-state index contributed by atoms with van der Waals surface area (Å²) in [6, 6.07) is 0.0107. The Morgan fingerprint density at radius 1 is 1.42 bits per heavy atom. The predicted octanol–water partition coefficient (Wildman–Crippen LogP) is 0.978. The first kappa shape index (κ1) is 16.2. The molecule has 0 aromatic rings. The SMILES string of the molecule is CC(C)(C)OC(=O)N1CCCC1CNCS(C)(=O)=O. The van der Waals surface area contributed by atoms with E-state index in [-0.39, 0.29) is 18.0 Å². The van der Waals surface area contributed by atoms with Crippen LogP contribution in [-0.2, 0) is 14.6 Å². The molecule has 0 saturated carbocycles. The van der Waals surface area contributed by atoms with Gasteiger partial charge in [0.25, 0.3) is 0 Å². The average Bonchev–Trinajstić information content (AvgIpc) is 2.61. The van der Waals surface area contributed by atoms with Crippen LogP contribution in [0.2, 0.25) is 0 Å². The number of rotatable bonds is 4. The largest absolute Gasteiger partial charge is 0.444 e. The van der Waals surface area contributed by atoms with E-state index >= 15 is 0 Å². The Bertz CT molecular complexity index is 414. The van der Waals surface area contributed by atoms with Gasteiger partial charge in [-0.15, -0.1) is 0 Å². The summed E-state index contributed by atoms with van der Waals surface area (Å²) in [6.45, 7) is 6.64. The lowest BCUT2D eigenvalue weighted by atomic mass is 10.2. The van der Waals surface area contributed by atoms with Gasteiger partial charge in [0, 0.05) is 25.4 Å². The zero-order chi connectivity index (χ0) is 14.7. The molecular formula is C12H24N2O4S. The molecule has 1 atom stereocenters. The van der Waals surface area contributed by atoms with Crippen molar-refractivity contribution in [3.63, 3.8) is 0 Å². The van der Waals surface area contributed by atoms with E-state index in [4.69, 9.17) is 4.74 Å². The number of hydrogen-bond acceptors (Lipinski definition) is 5. The second-order valence-electron chi connectivity index (χ2n) is 5.99. The van der Waals surface area contributed by atoms with Gasteiger partial charge in [0.1, 0.15) is 5.60 Å². The summed E-state index contributed by atoms with van der Waals surface area (Å²) in [4.78, 5) is 13.7. The summed E-state index contributed by atoms with van der Waals surface area (Å²) in [7, 11) is -3.03. The van der Waals surface area contributed by atoms with Gasteiger partial charge in [-0.05, 0) is 33.6 Å². The fourth-order valence-corrected chi connectivity index (χ4v) is 2.51. The number of carbonyl (C=O) groups is 1. The first-order valence-electron chi connectivity index (χ1n) is 6.46. The molecule has 1 aliphatic rings. The van der Waals surface area contributed by atoms with Crippen molar-refractivity contribution in [3.8, 4) is 0 Å². The van der Waals surface area contributed by atoms with Gasteiger partial charge in [-0.1, -0.05) is 0 Å². The molecule has 0 bridgehead atoms. The summed E-state index contributed by atoms with van der Waals surface area (Å²) in [5.41, 5.74) is -0.510. The highest BCUT2D eigenvalue weighted by Crippen LogP contribution is 2.20. The Labute approximate surface area is 115 Å². The Kier molecular flexibility index (Phi) is 5.20. The van der Waals surface area contributed by atoms with Crippen LogP contribution < -0.4 is 5.32 Å². The molecule has 0 spiro atoms. The van der Waals surface area contributed by atoms with Crippen LogP contribution in [0.3, 0.4) is 0 Å². The average molecular weight is 292 g/mol. The van der Waals surface area contributed by atoms with E-state index in [1.807, 2.05) is 20.8 Å². The van der Waals surface area contributed by atoms with E-state index in [2.05, 4.69) is 5.32 Å². The van der Waals surface area contributed by atoms with Crippen molar-refractivity contribution in [3.05, 3.63) is 0 Å². The molecule has 6 nitrogen and oxygen atoms in total. The van der Waals surface area contributed by atoms with Crippen LogP contribution in [0.4, 0.5) is 4.79 Å². The number of amides is 1. The Morgan fingerprint density at radius 3 is 2.58 bits per heavy atom. The van der Waals surface area contributed by atoms with Crippen molar-refractivity contribution in [2.75, 3.05) is 25.2 Å². The van der Waals surface area contributed by atoms with E-state index in [1.54, 1.807) is 4.90 Å². The molecule has 1 fully saturated rings. The third-order valence-corrected chi connectivity index (χ3v) is 3.48. The van der Waals surface area contributed by atoms with Crippen LogP contribution in [0.25, 0.3) is 0 Å².